The third-order valence-electron chi connectivity index (χ3n) is 2.16. The molecule has 2 heterocycles. The van der Waals surface area contributed by atoms with Gasteiger partial charge in [0, 0.05) is 6.20 Å². The molecule has 0 atom stereocenters. The molecule has 106 valence electrons. The summed E-state index contributed by atoms with van der Waals surface area (Å²) in [6.45, 7) is 0. The number of nitrogens with zero attached hydrogens (tertiary/aromatic N) is 1. The summed E-state index contributed by atoms with van der Waals surface area (Å²) in [5, 5.41) is 8.86. The number of hydrogen-bond donors (Lipinski definition) is 2. The predicted octanol–water partition coefficient (Wildman–Crippen LogP) is 3.17. The van der Waals surface area contributed by atoms with Crippen molar-refractivity contribution >= 4 is 65.0 Å². The lowest BCUT2D eigenvalue weighted by Crippen LogP contribution is -2.14. The molecule has 0 aromatic carbocycles. The van der Waals surface area contributed by atoms with Gasteiger partial charge in [0.2, 0.25) is 0 Å². The maximum atomic E-state index is 12.2. The molecule has 0 saturated carbocycles. The number of hydrogen-bond acceptors (Lipinski definition) is 5. The van der Waals surface area contributed by atoms with Crippen molar-refractivity contribution in [1.82, 2.24) is 4.98 Å². The number of sulfonamides is 1. The maximum absolute atomic E-state index is 12.2. The van der Waals surface area contributed by atoms with Gasteiger partial charge in [-0.1, -0.05) is 0 Å². The number of nitrogens with one attached hydrogen (secondary N) is 1. The fourth-order valence-corrected chi connectivity index (χ4v) is 6.13. The Labute approximate surface area is 135 Å². The van der Waals surface area contributed by atoms with Crippen molar-refractivity contribution < 1.29 is 18.3 Å². The first-order chi connectivity index (χ1) is 9.29. The first-order valence-electron chi connectivity index (χ1n) is 4.96. The first-order valence-corrected chi connectivity index (χ1v) is 8.85. The van der Waals surface area contributed by atoms with Crippen LogP contribution in [0.5, 0.6) is 0 Å². The molecule has 2 aromatic heterocycles. The van der Waals surface area contributed by atoms with Gasteiger partial charge < -0.3 is 5.11 Å². The summed E-state index contributed by atoms with van der Waals surface area (Å²) in [5.74, 6) is -1.22. The van der Waals surface area contributed by atoms with E-state index in [2.05, 4.69) is 41.6 Å². The smallest absolute Gasteiger partial charge is 0.335 e. The van der Waals surface area contributed by atoms with E-state index in [1.165, 1.54) is 29.7 Å². The number of pyridine rings is 1. The standard InChI is InChI=1S/C10H6Br2N2O4S2/c11-7-4-6(9(12)19-7)20(17,18)14-8-3-5(10(15)16)1-2-13-8/h1-4H,(H,13,14)(H,15,16). The lowest BCUT2D eigenvalue weighted by Gasteiger charge is -2.06. The van der Waals surface area contributed by atoms with Gasteiger partial charge in [-0.2, -0.15) is 0 Å². The molecule has 0 radical (unpaired) electrons. The van der Waals surface area contributed by atoms with Gasteiger partial charge in [0.15, 0.2) is 0 Å². The zero-order valence-corrected chi connectivity index (χ0v) is 14.3. The highest BCUT2D eigenvalue weighted by atomic mass is 79.9. The summed E-state index contributed by atoms with van der Waals surface area (Å²) >= 11 is 7.57. The van der Waals surface area contributed by atoms with Gasteiger partial charge in [-0.3, -0.25) is 4.72 Å². The predicted molar refractivity (Wildman–Crippen MR) is 81.7 cm³/mol. The Morgan fingerprint density at radius 2 is 2.05 bits per heavy atom. The van der Waals surface area contributed by atoms with Crippen molar-refractivity contribution in [2.75, 3.05) is 4.72 Å². The summed E-state index contributed by atoms with van der Waals surface area (Å²) in [6.07, 6.45) is 1.22. The Morgan fingerprint density at radius 3 is 2.60 bits per heavy atom. The molecule has 2 aromatic rings. The second kappa shape index (κ2) is 5.80. The second-order valence-electron chi connectivity index (χ2n) is 3.53. The average molecular weight is 442 g/mol. The number of aromatic nitrogens is 1. The normalized spacial score (nSPS) is 11.3. The van der Waals surface area contributed by atoms with Crippen LogP contribution in [0.15, 0.2) is 36.9 Å². The summed E-state index contributed by atoms with van der Waals surface area (Å²) in [6, 6.07) is 3.87. The fraction of sp³-hybridized carbons (Fsp3) is 0. The van der Waals surface area contributed by atoms with Gasteiger partial charge in [-0.15, -0.1) is 11.3 Å². The molecule has 2 rings (SSSR count). The Bertz CT molecular complexity index is 773. The molecule has 0 bridgehead atoms. The molecule has 0 saturated heterocycles. The van der Waals surface area contributed by atoms with Crippen LogP contribution in [0.2, 0.25) is 0 Å². The molecule has 10 heteroatoms. The third kappa shape index (κ3) is 3.37. The quantitative estimate of drug-likeness (QED) is 0.759. The van der Waals surface area contributed by atoms with Crippen molar-refractivity contribution in [1.29, 1.82) is 0 Å². The van der Waals surface area contributed by atoms with Gasteiger partial charge in [-0.25, -0.2) is 18.2 Å². The molecule has 0 aliphatic carbocycles. The van der Waals surface area contributed by atoms with E-state index in [-0.39, 0.29) is 16.3 Å². The summed E-state index contributed by atoms with van der Waals surface area (Å²) in [4.78, 5) is 14.7. The van der Waals surface area contributed by atoms with Gasteiger partial charge in [0.1, 0.15) is 10.7 Å². The van der Waals surface area contributed by atoms with E-state index in [1.54, 1.807) is 0 Å². The molecule has 0 amide bonds. The van der Waals surface area contributed by atoms with Crippen LogP contribution < -0.4 is 4.72 Å². The minimum absolute atomic E-state index is 0.0525. The maximum Gasteiger partial charge on any atom is 0.335 e. The van der Waals surface area contributed by atoms with Gasteiger partial charge in [0.25, 0.3) is 10.0 Å². The molecule has 0 fully saturated rings. The molecule has 2 N–H and O–H groups in total. The van der Waals surface area contributed by atoms with Crippen LogP contribution in [0, 0.1) is 0 Å². The molecular formula is C10H6Br2N2O4S2. The van der Waals surface area contributed by atoms with Crippen LogP contribution in [0.1, 0.15) is 10.4 Å². The monoisotopic (exact) mass is 440 g/mol. The molecule has 0 aliphatic heterocycles. The van der Waals surface area contributed by atoms with E-state index in [0.717, 1.165) is 6.07 Å². The molecular weight excluding hydrogens is 436 g/mol. The minimum atomic E-state index is -3.84. The Morgan fingerprint density at radius 1 is 1.35 bits per heavy atom. The molecule has 0 unspecified atom stereocenters. The largest absolute Gasteiger partial charge is 0.478 e. The lowest BCUT2D eigenvalue weighted by atomic mass is 10.3. The number of halogens is 2. The highest BCUT2D eigenvalue weighted by Crippen LogP contribution is 2.35. The van der Waals surface area contributed by atoms with Crippen LogP contribution in [0.3, 0.4) is 0 Å². The Balaban J connectivity index is 2.36. The second-order valence-corrected chi connectivity index (χ2v) is 8.93. The van der Waals surface area contributed by atoms with E-state index < -0.39 is 16.0 Å². The summed E-state index contributed by atoms with van der Waals surface area (Å²) in [5.41, 5.74) is -0.0525. The molecule has 0 spiro atoms. The van der Waals surface area contributed by atoms with E-state index >= 15 is 0 Å². The third-order valence-corrected chi connectivity index (χ3v) is 6.27. The van der Waals surface area contributed by atoms with Gasteiger partial charge >= 0.3 is 5.97 Å². The van der Waals surface area contributed by atoms with Crippen LogP contribution >= 0.6 is 43.2 Å². The van der Waals surface area contributed by atoms with Crippen LogP contribution in [-0.2, 0) is 10.0 Å². The molecule has 20 heavy (non-hydrogen) atoms. The van der Waals surface area contributed by atoms with Crippen molar-refractivity contribution in [2.45, 2.75) is 4.90 Å². The number of carboxylic acid groups (broad SMARTS) is 1. The van der Waals surface area contributed by atoms with Crippen LogP contribution in [-0.4, -0.2) is 24.5 Å². The number of carboxylic acids is 1. The van der Waals surface area contributed by atoms with Crippen molar-refractivity contribution in [3.05, 3.63) is 37.5 Å². The number of carbonyl (C=O) groups is 1. The summed E-state index contributed by atoms with van der Waals surface area (Å²) < 4.78 is 27.7. The zero-order chi connectivity index (χ0) is 14.9. The number of aromatic carboxylic acids is 1. The zero-order valence-electron chi connectivity index (χ0n) is 9.50. The van der Waals surface area contributed by atoms with Crippen molar-refractivity contribution in [3.8, 4) is 0 Å². The minimum Gasteiger partial charge on any atom is -0.478 e. The van der Waals surface area contributed by atoms with Crippen LogP contribution in [0.25, 0.3) is 0 Å². The number of rotatable bonds is 4. The SMILES string of the molecule is O=C(O)c1ccnc(NS(=O)(=O)c2cc(Br)sc2Br)c1. The Hall–Kier alpha value is -0.970. The average Bonchev–Trinajstić information content (AvgIpc) is 2.69. The van der Waals surface area contributed by atoms with E-state index in [4.69, 9.17) is 5.11 Å². The van der Waals surface area contributed by atoms with E-state index in [1.807, 2.05) is 0 Å². The molecule has 0 aliphatic rings. The molecule has 6 nitrogen and oxygen atoms in total. The number of anilines is 1. The van der Waals surface area contributed by atoms with Gasteiger partial charge in [-0.05, 0) is 50.1 Å². The first kappa shape index (κ1) is 15.4. The lowest BCUT2D eigenvalue weighted by molar-refractivity contribution is 0.0697. The highest BCUT2D eigenvalue weighted by Gasteiger charge is 2.21. The van der Waals surface area contributed by atoms with E-state index in [0.29, 0.717) is 7.57 Å². The highest BCUT2D eigenvalue weighted by molar-refractivity contribution is 9.12. The number of thiophene rings is 1. The van der Waals surface area contributed by atoms with Crippen molar-refractivity contribution in [3.63, 3.8) is 0 Å². The fourth-order valence-electron chi connectivity index (χ4n) is 1.32. The van der Waals surface area contributed by atoms with E-state index in [9.17, 15) is 13.2 Å². The van der Waals surface area contributed by atoms with Crippen LogP contribution in [0.4, 0.5) is 5.82 Å². The van der Waals surface area contributed by atoms with Gasteiger partial charge in [0.05, 0.1) is 13.1 Å². The Kier molecular flexibility index (Phi) is 4.47. The van der Waals surface area contributed by atoms with Crippen molar-refractivity contribution in [2.24, 2.45) is 0 Å². The summed E-state index contributed by atoms with van der Waals surface area (Å²) in [7, 11) is -3.84. The topological polar surface area (TPSA) is 96.4 Å².